The molecule has 1 unspecified atom stereocenters. The Morgan fingerprint density at radius 2 is 2.28 bits per heavy atom. The van der Waals surface area contributed by atoms with E-state index in [-0.39, 0.29) is 11.9 Å². The standard InChI is InChI=1S/C13H20N4O/c1-10-8-16-12(9-15-10)13(18)17-7-3-2-4-11(17)5-6-14/h8-9,11H,2-7,14H2,1H3. The summed E-state index contributed by atoms with van der Waals surface area (Å²) >= 11 is 0. The van der Waals surface area contributed by atoms with E-state index in [2.05, 4.69) is 9.97 Å². The van der Waals surface area contributed by atoms with Gasteiger partial charge in [-0.25, -0.2) is 4.98 Å². The molecule has 1 fully saturated rings. The maximum Gasteiger partial charge on any atom is 0.274 e. The zero-order valence-electron chi connectivity index (χ0n) is 10.8. The first-order chi connectivity index (χ1) is 8.72. The highest BCUT2D eigenvalue weighted by Crippen LogP contribution is 2.20. The van der Waals surface area contributed by atoms with Crippen LogP contribution >= 0.6 is 0 Å². The first-order valence-corrected chi connectivity index (χ1v) is 6.52. The highest BCUT2D eigenvalue weighted by atomic mass is 16.2. The molecule has 1 amide bonds. The van der Waals surface area contributed by atoms with E-state index in [9.17, 15) is 4.79 Å². The molecule has 1 aliphatic rings. The number of rotatable bonds is 3. The summed E-state index contributed by atoms with van der Waals surface area (Å²) in [5.41, 5.74) is 6.87. The molecule has 1 aromatic rings. The van der Waals surface area contributed by atoms with Crippen LogP contribution in [0.15, 0.2) is 12.4 Å². The van der Waals surface area contributed by atoms with Crippen LogP contribution in [-0.4, -0.2) is 39.9 Å². The summed E-state index contributed by atoms with van der Waals surface area (Å²) in [6, 6.07) is 0.263. The van der Waals surface area contributed by atoms with E-state index in [1.54, 1.807) is 12.4 Å². The van der Waals surface area contributed by atoms with Gasteiger partial charge in [0.2, 0.25) is 0 Å². The zero-order chi connectivity index (χ0) is 13.0. The molecule has 1 atom stereocenters. The normalized spacial score (nSPS) is 19.9. The molecule has 2 N–H and O–H groups in total. The summed E-state index contributed by atoms with van der Waals surface area (Å²) < 4.78 is 0. The molecule has 98 valence electrons. The number of hydrogen-bond donors (Lipinski definition) is 1. The van der Waals surface area contributed by atoms with Gasteiger partial charge in [0.15, 0.2) is 0 Å². The number of aromatic nitrogens is 2. The van der Waals surface area contributed by atoms with Crippen LogP contribution < -0.4 is 5.73 Å². The molecule has 0 saturated carbocycles. The number of hydrogen-bond acceptors (Lipinski definition) is 4. The van der Waals surface area contributed by atoms with Crippen LogP contribution in [0, 0.1) is 6.92 Å². The van der Waals surface area contributed by atoms with Crippen molar-refractivity contribution < 1.29 is 4.79 Å². The number of piperidine rings is 1. The molecule has 2 rings (SSSR count). The summed E-state index contributed by atoms with van der Waals surface area (Å²) in [6.07, 6.45) is 7.34. The van der Waals surface area contributed by atoms with Crippen LogP contribution in [0.2, 0.25) is 0 Å². The average molecular weight is 248 g/mol. The van der Waals surface area contributed by atoms with Crippen molar-refractivity contribution in [2.24, 2.45) is 5.73 Å². The molecule has 0 aliphatic carbocycles. The first kappa shape index (κ1) is 13.0. The predicted molar refractivity (Wildman–Crippen MR) is 69.1 cm³/mol. The third-order valence-corrected chi connectivity index (χ3v) is 3.39. The third-order valence-electron chi connectivity index (χ3n) is 3.39. The van der Waals surface area contributed by atoms with Crippen LogP contribution in [0.1, 0.15) is 41.9 Å². The fourth-order valence-electron chi connectivity index (χ4n) is 2.41. The largest absolute Gasteiger partial charge is 0.334 e. The Morgan fingerprint density at radius 3 is 2.94 bits per heavy atom. The summed E-state index contributed by atoms with van der Waals surface area (Å²) in [7, 11) is 0. The molecule has 0 radical (unpaired) electrons. The minimum absolute atomic E-state index is 0.0133. The number of aryl methyl sites for hydroxylation is 1. The minimum Gasteiger partial charge on any atom is -0.334 e. The van der Waals surface area contributed by atoms with E-state index >= 15 is 0 Å². The van der Waals surface area contributed by atoms with Gasteiger partial charge >= 0.3 is 0 Å². The average Bonchev–Trinajstić information content (AvgIpc) is 2.40. The molecule has 0 aromatic carbocycles. The smallest absolute Gasteiger partial charge is 0.274 e. The molecule has 0 spiro atoms. The van der Waals surface area contributed by atoms with Crippen LogP contribution in [0.25, 0.3) is 0 Å². The second-order valence-corrected chi connectivity index (χ2v) is 4.77. The van der Waals surface area contributed by atoms with Crippen molar-refractivity contribution in [3.8, 4) is 0 Å². The van der Waals surface area contributed by atoms with E-state index in [4.69, 9.17) is 5.73 Å². The fraction of sp³-hybridized carbons (Fsp3) is 0.615. The molecule has 1 saturated heterocycles. The molecule has 0 bridgehead atoms. The van der Waals surface area contributed by atoms with Gasteiger partial charge in [0, 0.05) is 18.8 Å². The number of amides is 1. The highest BCUT2D eigenvalue weighted by molar-refractivity contribution is 5.92. The first-order valence-electron chi connectivity index (χ1n) is 6.52. The van der Waals surface area contributed by atoms with Crippen LogP contribution in [0.3, 0.4) is 0 Å². The molecule has 2 heterocycles. The van der Waals surface area contributed by atoms with Crippen molar-refractivity contribution >= 4 is 5.91 Å². The Morgan fingerprint density at radius 1 is 1.44 bits per heavy atom. The second-order valence-electron chi connectivity index (χ2n) is 4.77. The quantitative estimate of drug-likeness (QED) is 0.870. The van der Waals surface area contributed by atoms with Crippen LogP contribution in [-0.2, 0) is 0 Å². The summed E-state index contributed by atoms with van der Waals surface area (Å²) in [5, 5.41) is 0. The van der Waals surface area contributed by atoms with Gasteiger partial charge in [0.1, 0.15) is 5.69 Å². The van der Waals surface area contributed by atoms with Gasteiger partial charge in [-0.05, 0) is 39.2 Å². The molecule has 1 aliphatic heterocycles. The Kier molecular flexibility index (Phi) is 4.25. The van der Waals surface area contributed by atoms with E-state index in [0.29, 0.717) is 12.2 Å². The Balaban J connectivity index is 2.12. The Labute approximate surface area is 107 Å². The summed E-state index contributed by atoms with van der Waals surface area (Å²) in [4.78, 5) is 22.6. The van der Waals surface area contributed by atoms with Gasteiger partial charge in [-0.3, -0.25) is 9.78 Å². The highest BCUT2D eigenvalue weighted by Gasteiger charge is 2.27. The van der Waals surface area contributed by atoms with Crippen molar-refractivity contribution in [3.63, 3.8) is 0 Å². The lowest BCUT2D eigenvalue weighted by atomic mass is 9.99. The minimum atomic E-state index is -0.0133. The summed E-state index contributed by atoms with van der Waals surface area (Å²) in [6.45, 7) is 3.28. The molecule has 5 nitrogen and oxygen atoms in total. The number of nitrogens with two attached hydrogens (primary N) is 1. The SMILES string of the molecule is Cc1cnc(C(=O)N2CCCCC2CCN)cn1. The lowest BCUT2D eigenvalue weighted by Gasteiger charge is -2.35. The molecule has 5 heteroatoms. The van der Waals surface area contributed by atoms with Gasteiger partial charge in [0.05, 0.1) is 11.9 Å². The number of likely N-dealkylation sites (tertiary alicyclic amines) is 1. The van der Waals surface area contributed by atoms with Gasteiger partial charge in [-0.2, -0.15) is 0 Å². The zero-order valence-corrected chi connectivity index (χ0v) is 10.8. The van der Waals surface area contributed by atoms with Gasteiger partial charge in [-0.15, -0.1) is 0 Å². The number of nitrogens with zero attached hydrogens (tertiary/aromatic N) is 3. The van der Waals surface area contributed by atoms with E-state index in [1.807, 2.05) is 11.8 Å². The Bertz CT molecular complexity index is 402. The fourth-order valence-corrected chi connectivity index (χ4v) is 2.41. The third kappa shape index (κ3) is 2.85. The predicted octanol–water partition coefficient (Wildman–Crippen LogP) is 1.13. The van der Waals surface area contributed by atoms with Gasteiger partial charge < -0.3 is 10.6 Å². The maximum absolute atomic E-state index is 12.4. The monoisotopic (exact) mass is 248 g/mol. The van der Waals surface area contributed by atoms with Crippen molar-refractivity contribution in [1.29, 1.82) is 0 Å². The molecule has 1 aromatic heterocycles. The molecular formula is C13H20N4O. The van der Waals surface area contributed by atoms with E-state index < -0.39 is 0 Å². The van der Waals surface area contributed by atoms with Crippen LogP contribution in [0.5, 0.6) is 0 Å². The van der Waals surface area contributed by atoms with Crippen molar-refractivity contribution in [2.75, 3.05) is 13.1 Å². The van der Waals surface area contributed by atoms with Gasteiger partial charge in [0.25, 0.3) is 5.91 Å². The summed E-state index contributed by atoms with van der Waals surface area (Å²) in [5.74, 6) is -0.0133. The maximum atomic E-state index is 12.4. The van der Waals surface area contributed by atoms with Crippen LogP contribution in [0.4, 0.5) is 0 Å². The van der Waals surface area contributed by atoms with Crippen molar-refractivity contribution in [3.05, 3.63) is 23.8 Å². The number of carbonyl (C=O) groups is 1. The molecule has 18 heavy (non-hydrogen) atoms. The lowest BCUT2D eigenvalue weighted by molar-refractivity contribution is 0.0598. The molecular weight excluding hydrogens is 228 g/mol. The lowest BCUT2D eigenvalue weighted by Crippen LogP contribution is -2.44. The topological polar surface area (TPSA) is 72.1 Å². The second kappa shape index (κ2) is 5.91. The van der Waals surface area contributed by atoms with E-state index in [0.717, 1.165) is 31.5 Å². The Hall–Kier alpha value is -1.49. The van der Waals surface area contributed by atoms with E-state index in [1.165, 1.54) is 6.42 Å². The van der Waals surface area contributed by atoms with Crippen molar-refractivity contribution in [2.45, 2.75) is 38.6 Å². The number of carbonyl (C=O) groups excluding carboxylic acids is 1. The van der Waals surface area contributed by atoms with Crippen molar-refractivity contribution in [1.82, 2.24) is 14.9 Å². The van der Waals surface area contributed by atoms with Gasteiger partial charge in [-0.1, -0.05) is 0 Å².